The van der Waals surface area contributed by atoms with Gasteiger partial charge < -0.3 is 9.73 Å². The molecule has 1 heterocycles. The Morgan fingerprint density at radius 3 is 2.75 bits per heavy atom. The number of fused-ring (bicyclic) bond motifs is 1. The first-order valence-corrected chi connectivity index (χ1v) is 7.18. The fraction of sp³-hybridized carbons (Fsp3) is 0.0625. The Kier molecular flexibility index (Phi) is 3.94. The smallest absolute Gasteiger partial charge is 0.306 e. The summed E-state index contributed by atoms with van der Waals surface area (Å²) in [4.78, 5) is 22.2. The van der Waals surface area contributed by atoms with Gasteiger partial charge in [0, 0.05) is 27.7 Å². The first kappa shape index (κ1) is 15.9. The van der Waals surface area contributed by atoms with Crippen LogP contribution in [0.1, 0.15) is 16.1 Å². The summed E-state index contributed by atoms with van der Waals surface area (Å²) in [6.45, 7) is 1.70. The molecule has 8 heteroatoms. The predicted octanol–water partition coefficient (Wildman–Crippen LogP) is 4.69. The van der Waals surface area contributed by atoms with E-state index in [0.717, 1.165) is 12.1 Å². The van der Waals surface area contributed by atoms with E-state index in [2.05, 4.69) is 5.32 Å². The molecule has 122 valence electrons. The summed E-state index contributed by atoms with van der Waals surface area (Å²) in [7, 11) is 0. The summed E-state index contributed by atoms with van der Waals surface area (Å²) in [5.41, 5.74) is 0.445. The monoisotopic (exact) mass is 348 g/mol. The van der Waals surface area contributed by atoms with Crippen LogP contribution in [0.4, 0.5) is 15.8 Å². The van der Waals surface area contributed by atoms with E-state index >= 15 is 0 Å². The maximum atomic E-state index is 13.3. The lowest BCUT2D eigenvalue weighted by Crippen LogP contribution is -2.12. The van der Waals surface area contributed by atoms with Gasteiger partial charge in [0.15, 0.2) is 5.76 Å². The van der Waals surface area contributed by atoms with Crippen molar-refractivity contribution < 1.29 is 18.5 Å². The standard InChI is InChI=1S/C16H10ClFN2O4/c1-8-11-6-9(17)2-5-14(11)24-15(8)16(21)19-10-3-4-12(18)13(7-10)20(22)23/h2-7H,1H3,(H,19,21). The molecule has 0 atom stereocenters. The topological polar surface area (TPSA) is 85.4 Å². The Balaban J connectivity index is 1.94. The lowest BCUT2D eigenvalue weighted by atomic mass is 10.1. The molecule has 24 heavy (non-hydrogen) atoms. The van der Waals surface area contributed by atoms with Crippen molar-refractivity contribution in [1.82, 2.24) is 0 Å². The second kappa shape index (κ2) is 5.93. The number of carbonyl (C=O) groups excluding carboxylic acids is 1. The van der Waals surface area contributed by atoms with Crippen LogP contribution >= 0.6 is 11.6 Å². The fourth-order valence-corrected chi connectivity index (χ4v) is 2.50. The van der Waals surface area contributed by atoms with E-state index in [-0.39, 0.29) is 11.4 Å². The average Bonchev–Trinajstić information content (AvgIpc) is 2.86. The highest BCUT2D eigenvalue weighted by atomic mass is 35.5. The van der Waals surface area contributed by atoms with Crippen molar-refractivity contribution in [2.24, 2.45) is 0 Å². The Labute approximate surface area is 140 Å². The number of nitro groups is 1. The second-order valence-corrected chi connectivity index (χ2v) is 5.51. The van der Waals surface area contributed by atoms with Crippen molar-refractivity contribution in [2.75, 3.05) is 5.32 Å². The summed E-state index contributed by atoms with van der Waals surface area (Å²) in [6.07, 6.45) is 0. The summed E-state index contributed by atoms with van der Waals surface area (Å²) in [6, 6.07) is 8.05. The minimum Gasteiger partial charge on any atom is -0.451 e. The average molecular weight is 349 g/mol. The van der Waals surface area contributed by atoms with E-state index in [4.69, 9.17) is 16.0 Å². The van der Waals surface area contributed by atoms with Gasteiger partial charge in [0.1, 0.15) is 5.58 Å². The van der Waals surface area contributed by atoms with Gasteiger partial charge >= 0.3 is 5.69 Å². The quantitative estimate of drug-likeness (QED) is 0.549. The highest BCUT2D eigenvalue weighted by Crippen LogP contribution is 2.29. The zero-order valence-electron chi connectivity index (χ0n) is 12.3. The first-order valence-electron chi connectivity index (χ1n) is 6.81. The number of hydrogen-bond donors (Lipinski definition) is 1. The Morgan fingerprint density at radius 2 is 2.04 bits per heavy atom. The van der Waals surface area contributed by atoms with Crippen molar-refractivity contribution in [3.05, 3.63) is 68.7 Å². The normalized spacial score (nSPS) is 10.8. The summed E-state index contributed by atoms with van der Waals surface area (Å²) >= 11 is 5.93. The molecule has 0 saturated carbocycles. The summed E-state index contributed by atoms with van der Waals surface area (Å²) in [5.74, 6) is -1.52. The highest BCUT2D eigenvalue weighted by Gasteiger charge is 2.20. The Bertz CT molecular complexity index is 984. The van der Waals surface area contributed by atoms with Crippen molar-refractivity contribution in [3.8, 4) is 0 Å². The number of aryl methyl sites for hydroxylation is 1. The number of benzene rings is 2. The number of halogens is 2. The van der Waals surface area contributed by atoms with E-state index in [1.807, 2.05) is 0 Å². The van der Waals surface area contributed by atoms with Crippen LogP contribution in [0, 0.1) is 22.9 Å². The third kappa shape index (κ3) is 2.81. The van der Waals surface area contributed by atoms with E-state index < -0.39 is 22.3 Å². The molecule has 3 aromatic rings. The number of amides is 1. The third-order valence-corrected chi connectivity index (χ3v) is 3.74. The molecular formula is C16H10ClFN2O4. The molecule has 0 aliphatic carbocycles. The van der Waals surface area contributed by atoms with Crippen LogP contribution in [0.25, 0.3) is 11.0 Å². The Hall–Kier alpha value is -2.93. The number of nitrogens with one attached hydrogen (secondary N) is 1. The van der Waals surface area contributed by atoms with Crippen LogP contribution in [0.15, 0.2) is 40.8 Å². The van der Waals surface area contributed by atoms with E-state index in [1.54, 1.807) is 25.1 Å². The van der Waals surface area contributed by atoms with Gasteiger partial charge in [0.05, 0.1) is 4.92 Å². The number of hydrogen-bond acceptors (Lipinski definition) is 4. The summed E-state index contributed by atoms with van der Waals surface area (Å²) in [5, 5.41) is 14.4. The van der Waals surface area contributed by atoms with Gasteiger partial charge in [-0.25, -0.2) is 0 Å². The molecule has 1 aromatic heterocycles. The maximum absolute atomic E-state index is 13.3. The van der Waals surface area contributed by atoms with E-state index in [1.165, 1.54) is 6.07 Å². The van der Waals surface area contributed by atoms with Crippen LogP contribution < -0.4 is 5.32 Å². The van der Waals surface area contributed by atoms with Crippen molar-refractivity contribution in [3.63, 3.8) is 0 Å². The van der Waals surface area contributed by atoms with Gasteiger partial charge in [-0.3, -0.25) is 14.9 Å². The molecule has 0 aliphatic rings. The molecular weight excluding hydrogens is 339 g/mol. The zero-order chi connectivity index (χ0) is 17.4. The van der Waals surface area contributed by atoms with Crippen LogP contribution in [-0.4, -0.2) is 10.8 Å². The molecule has 6 nitrogen and oxygen atoms in total. The van der Waals surface area contributed by atoms with Crippen LogP contribution in [0.3, 0.4) is 0 Å². The molecule has 0 spiro atoms. The maximum Gasteiger partial charge on any atom is 0.306 e. The van der Waals surface area contributed by atoms with Gasteiger partial charge in [0.25, 0.3) is 5.91 Å². The van der Waals surface area contributed by atoms with Crippen molar-refractivity contribution >= 4 is 39.9 Å². The number of carbonyl (C=O) groups is 1. The molecule has 0 radical (unpaired) electrons. The molecule has 0 unspecified atom stereocenters. The SMILES string of the molecule is Cc1c(C(=O)Nc2ccc(F)c([N+](=O)[O-])c2)oc2ccc(Cl)cc12. The van der Waals surface area contributed by atoms with Crippen molar-refractivity contribution in [2.45, 2.75) is 6.92 Å². The zero-order valence-corrected chi connectivity index (χ0v) is 13.1. The lowest BCUT2D eigenvalue weighted by Gasteiger charge is -2.04. The molecule has 1 N–H and O–H groups in total. The van der Waals surface area contributed by atoms with Crippen LogP contribution in [-0.2, 0) is 0 Å². The second-order valence-electron chi connectivity index (χ2n) is 5.07. The van der Waals surface area contributed by atoms with Gasteiger partial charge in [-0.2, -0.15) is 4.39 Å². The molecule has 1 amide bonds. The molecule has 2 aromatic carbocycles. The summed E-state index contributed by atoms with van der Waals surface area (Å²) < 4.78 is 18.8. The van der Waals surface area contributed by atoms with Gasteiger partial charge in [-0.05, 0) is 37.3 Å². The van der Waals surface area contributed by atoms with Gasteiger partial charge in [0.2, 0.25) is 5.82 Å². The van der Waals surface area contributed by atoms with E-state index in [9.17, 15) is 19.3 Å². The Morgan fingerprint density at radius 1 is 1.29 bits per heavy atom. The molecule has 0 bridgehead atoms. The molecule has 0 fully saturated rings. The minimum atomic E-state index is -0.979. The van der Waals surface area contributed by atoms with Crippen LogP contribution in [0.2, 0.25) is 5.02 Å². The number of furan rings is 1. The fourth-order valence-electron chi connectivity index (χ4n) is 2.33. The van der Waals surface area contributed by atoms with Gasteiger partial charge in [-0.1, -0.05) is 11.6 Å². The third-order valence-electron chi connectivity index (χ3n) is 3.51. The number of nitro benzene ring substituents is 1. The number of anilines is 1. The largest absolute Gasteiger partial charge is 0.451 e. The van der Waals surface area contributed by atoms with Crippen LogP contribution in [0.5, 0.6) is 0 Å². The lowest BCUT2D eigenvalue weighted by molar-refractivity contribution is -0.387. The number of nitrogens with zero attached hydrogens (tertiary/aromatic N) is 1. The predicted molar refractivity (Wildman–Crippen MR) is 87.0 cm³/mol. The van der Waals surface area contributed by atoms with E-state index in [0.29, 0.717) is 21.6 Å². The first-order chi connectivity index (χ1) is 11.4. The van der Waals surface area contributed by atoms with Gasteiger partial charge in [-0.15, -0.1) is 0 Å². The minimum absolute atomic E-state index is 0.0549. The van der Waals surface area contributed by atoms with Crippen molar-refractivity contribution in [1.29, 1.82) is 0 Å². The molecule has 0 saturated heterocycles. The highest BCUT2D eigenvalue weighted by molar-refractivity contribution is 6.31. The molecule has 0 aliphatic heterocycles. The number of rotatable bonds is 3. The molecule has 3 rings (SSSR count).